The summed E-state index contributed by atoms with van der Waals surface area (Å²) in [5.74, 6) is 0.665. The lowest BCUT2D eigenvalue weighted by molar-refractivity contribution is 0.0895. The number of hydrogen-bond donors (Lipinski definition) is 3. The Kier molecular flexibility index (Phi) is 6.62. The third-order valence-corrected chi connectivity index (χ3v) is 7.87. The van der Waals surface area contributed by atoms with Gasteiger partial charge < -0.3 is 20.1 Å². The lowest BCUT2D eigenvalue weighted by atomic mass is 9.89. The molecule has 1 amide bonds. The molecule has 3 aromatic heterocycles. The van der Waals surface area contributed by atoms with E-state index >= 15 is 0 Å². The number of piperidine rings is 1. The van der Waals surface area contributed by atoms with Crippen molar-refractivity contribution in [1.29, 1.82) is 0 Å². The predicted molar refractivity (Wildman–Crippen MR) is 155 cm³/mol. The zero-order chi connectivity index (χ0) is 28.0. The number of nitrogens with zero attached hydrogens (tertiary/aromatic N) is 4. The Morgan fingerprint density at radius 2 is 1.90 bits per heavy atom. The van der Waals surface area contributed by atoms with Gasteiger partial charge in [0.25, 0.3) is 0 Å². The van der Waals surface area contributed by atoms with Crippen molar-refractivity contribution in [3.63, 3.8) is 0 Å². The maximum atomic E-state index is 12.8. The minimum atomic E-state index is -0.390. The molecule has 0 saturated carbocycles. The van der Waals surface area contributed by atoms with E-state index in [2.05, 4.69) is 61.1 Å². The number of amides is 1. The van der Waals surface area contributed by atoms with Gasteiger partial charge in [-0.1, -0.05) is 50.2 Å². The molecular formula is C31H35N7O2. The molecule has 206 valence electrons. The second-order valence-electron chi connectivity index (χ2n) is 11.8. The molecule has 2 aromatic carbocycles. The van der Waals surface area contributed by atoms with Gasteiger partial charge in [-0.05, 0) is 74.5 Å². The van der Waals surface area contributed by atoms with E-state index in [0.29, 0.717) is 11.7 Å². The Morgan fingerprint density at radius 3 is 2.62 bits per heavy atom. The highest BCUT2D eigenvalue weighted by Gasteiger charge is 2.25. The molecule has 9 nitrogen and oxygen atoms in total. The van der Waals surface area contributed by atoms with E-state index in [-0.39, 0.29) is 23.3 Å². The third kappa shape index (κ3) is 4.86. The quantitative estimate of drug-likeness (QED) is 0.262. The Morgan fingerprint density at radius 1 is 1.10 bits per heavy atom. The molecule has 4 heterocycles. The molecule has 5 aromatic rings. The van der Waals surface area contributed by atoms with Crippen molar-refractivity contribution in [1.82, 2.24) is 35.7 Å². The van der Waals surface area contributed by atoms with Gasteiger partial charge >= 0.3 is 11.8 Å². The summed E-state index contributed by atoms with van der Waals surface area (Å²) in [5, 5.41) is 12.5. The Labute approximate surface area is 233 Å². The first-order valence-corrected chi connectivity index (χ1v) is 13.9. The van der Waals surface area contributed by atoms with E-state index in [0.717, 1.165) is 70.3 Å². The molecule has 0 bridgehead atoms. The van der Waals surface area contributed by atoms with Crippen molar-refractivity contribution in [3.05, 3.63) is 71.1 Å². The predicted octanol–water partition coefficient (Wildman–Crippen LogP) is 5.73. The van der Waals surface area contributed by atoms with Gasteiger partial charge in [-0.3, -0.25) is 4.79 Å². The molecule has 1 atom stereocenters. The number of rotatable bonds is 5. The lowest BCUT2D eigenvalue weighted by Gasteiger charge is -2.22. The summed E-state index contributed by atoms with van der Waals surface area (Å²) in [4.78, 5) is 29.9. The van der Waals surface area contributed by atoms with E-state index in [1.807, 2.05) is 40.7 Å². The molecule has 3 N–H and O–H groups in total. The minimum Gasteiger partial charge on any atom is -0.341 e. The van der Waals surface area contributed by atoms with Crippen LogP contribution in [0, 0.1) is 6.92 Å². The summed E-state index contributed by atoms with van der Waals surface area (Å²) < 4.78 is 5.21. The number of fused-ring (bicyclic) bond motifs is 3. The van der Waals surface area contributed by atoms with Crippen LogP contribution in [0.5, 0.6) is 0 Å². The molecule has 0 spiro atoms. The first-order valence-electron chi connectivity index (χ1n) is 13.9. The molecule has 40 heavy (non-hydrogen) atoms. The van der Waals surface area contributed by atoms with E-state index in [4.69, 9.17) is 9.51 Å². The van der Waals surface area contributed by atoms with Crippen LogP contribution in [0.2, 0.25) is 0 Å². The highest BCUT2D eigenvalue weighted by molar-refractivity contribution is 6.12. The zero-order valence-corrected chi connectivity index (χ0v) is 23.6. The second-order valence-corrected chi connectivity index (χ2v) is 11.8. The van der Waals surface area contributed by atoms with Gasteiger partial charge in [-0.2, -0.15) is 4.98 Å². The van der Waals surface area contributed by atoms with Gasteiger partial charge in [0.2, 0.25) is 0 Å². The molecule has 1 fully saturated rings. The van der Waals surface area contributed by atoms with Crippen LogP contribution in [0.15, 0.2) is 47.2 Å². The lowest BCUT2D eigenvalue weighted by Crippen LogP contribution is -2.27. The van der Waals surface area contributed by atoms with Crippen molar-refractivity contribution < 1.29 is 9.32 Å². The number of benzene rings is 2. The van der Waals surface area contributed by atoms with Crippen LogP contribution in [0.25, 0.3) is 33.2 Å². The molecular weight excluding hydrogens is 502 g/mol. The number of H-pyrrole nitrogens is 1. The van der Waals surface area contributed by atoms with Gasteiger partial charge in [0.1, 0.15) is 12.0 Å². The molecule has 9 heteroatoms. The van der Waals surface area contributed by atoms with Crippen LogP contribution in [0.3, 0.4) is 0 Å². The van der Waals surface area contributed by atoms with E-state index < -0.39 is 0 Å². The first-order chi connectivity index (χ1) is 19.2. The number of carbonyl (C=O) groups is 1. The van der Waals surface area contributed by atoms with Crippen LogP contribution < -0.4 is 10.6 Å². The number of carbonyl (C=O) groups excluding carboxylic acids is 1. The average Bonchev–Trinajstić information content (AvgIpc) is 3.58. The maximum Gasteiger partial charge on any atom is 0.315 e. The SMILES string of the molecule is Cc1cc(-c2ncnc3[nH]c4cc(C5CCNCC5)ccc4c23)ccc1[C@@H](C)NC(=O)c1nc(C(C)(C)C)no1. The summed E-state index contributed by atoms with van der Waals surface area (Å²) in [6.45, 7) is 12.0. The van der Waals surface area contributed by atoms with E-state index in [9.17, 15) is 4.79 Å². The fourth-order valence-corrected chi connectivity index (χ4v) is 5.64. The second kappa shape index (κ2) is 10.1. The maximum absolute atomic E-state index is 12.8. The Hall–Kier alpha value is -4.11. The van der Waals surface area contributed by atoms with Crippen molar-refractivity contribution in [2.75, 3.05) is 13.1 Å². The van der Waals surface area contributed by atoms with Crippen LogP contribution in [-0.4, -0.2) is 44.1 Å². The topological polar surface area (TPSA) is 122 Å². The molecule has 6 rings (SSSR count). The fraction of sp³-hybridized carbons (Fsp3) is 0.387. The largest absolute Gasteiger partial charge is 0.341 e. The summed E-state index contributed by atoms with van der Waals surface area (Å²) >= 11 is 0. The standard InChI is InChI=1S/C31H35N7O2/c1-17-14-21(7-8-22(17)18(2)35-28(39)29-37-30(38-40-29)31(3,4)5)26-25-23-9-6-20(19-10-12-32-13-11-19)15-24(23)36-27(25)34-16-33-26/h6-9,14-16,18-19,32H,10-13H2,1-5H3,(H,35,39)(H,33,34,36)/t18-/m1/s1. The Bertz CT molecular complexity index is 1710. The number of hydrogen-bond acceptors (Lipinski definition) is 7. The summed E-state index contributed by atoms with van der Waals surface area (Å²) in [7, 11) is 0. The highest BCUT2D eigenvalue weighted by atomic mass is 16.5. The minimum absolute atomic E-state index is 0.0305. The number of aromatic amines is 1. The fourth-order valence-electron chi connectivity index (χ4n) is 5.64. The highest BCUT2D eigenvalue weighted by Crippen LogP contribution is 2.35. The Balaban J connectivity index is 1.27. The number of nitrogens with one attached hydrogen (secondary N) is 3. The van der Waals surface area contributed by atoms with Crippen LogP contribution in [0.1, 0.15) is 85.7 Å². The molecule has 0 unspecified atom stereocenters. The van der Waals surface area contributed by atoms with Gasteiger partial charge in [0.05, 0.1) is 17.1 Å². The van der Waals surface area contributed by atoms with Crippen molar-refractivity contribution >= 4 is 27.8 Å². The molecule has 1 aliphatic rings. The third-order valence-electron chi connectivity index (χ3n) is 7.87. The van der Waals surface area contributed by atoms with Gasteiger partial charge in [0.15, 0.2) is 5.82 Å². The van der Waals surface area contributed by atoms with Gasteiger partial charge in [0, 0.05) is 21.9 Å². The van der Waals surface area contributed by atoms with E-state index in [1.165, 1.54) is 5.56 Å². The number of aromatic nitrogens is 5. The molecule has 1 saturated heterocycles. The summed E-state index contributed by atoms with van der Waals surface area (Å²) in [5.41, 5.74) is 6.94. The first kappa shape index (κ1) is 26.1. The van der Waals surface area contributed by atoms with Crippen molar-refractivity contribution in [2.24, 2.45) is 0 Å². The monoisotopic (exact) mass is 537 g/mol. The average molecular weight is 538 g/mol. The summed E-state index contributed by atoms with van der Waals surface area (Å²) in [6, 6.07) is 12.7. The van der Waals surface area contributed by atoms with Gasteiger partial charge in [-0.15, -0.1) is 0 Å². The van der Waals surface area contributed by atoms with E-state index in [1.54, 1.807) is 6.33 Å². The van der Waals surface area contributed by atoms with Crippen molar-refractivity contribution in [2.45, 2.75) is 64.8 Å². The number of aryl methyl sites for hydroxylation is 1. The normalized spacial score (nSPS) is 15.5. The molecule has 0 aliphatic carbocycles. The summed E-state index contributed by atoms with van der Waals surface area (Å²) in [6.07, 6.45) is 3.94. The van der Waals surface area contributed by atoms with Crippen molar-refractivity contribution in [3.8, 4) is 11.3 Å². The van der Waals surface area contributed by atoms with Crippen LogP contribution >= 0.6 is 0 Å². The smallest absolute Gasteiger partial charge is 0.315 e. The van der Waals surface area contributed by atoms with Crippen LogP contribution in [-0.2, 0) is 5.41 Å². The van der Waals surface area contributed by atoms with Crippen LogP contribution in [0.4, 0.5) is 0 Å². The van der Waals surface area contributed by atoms with Gasteiger partial charge in [-0.25, -0.2) is 9.97 Å². The molecule has 1 aliphatic heterocycles. The zero-order valence-electron chi connectivity index (χ0n) is 23.6. The molecule has 0 radical (unpaired) electrons.